The number of nitrogens with one attached hydrogen (secondary N) is 1. The predicted molar refractivity (Wildman–Crippen MR) is 105 cm³/mol. The molecule has 0 saturated carbocycles. The number of carboxylic acid groups (broad SMARTS) is 1. The van der Waals surface area contributed by atoms with Gasteiger partial charge in [0.05, 0.1) is 5.92 Å². The van der Waals surface area contributed by atoms with Gasteiger partial charge in [-0.2, -0.15) is 5.21 Å². The highest BCUT2D eigenvalue weighted by Crippen LogP contribution is 2.34. The van der Waals surface area contributed by atoms with Crippen LogP contribution in [0.3, 0.4) is 0 Å². The van der Waals surface area contributed by atoms with E-state index in [2.05, 4.69) is 37.4 Å². The molecule has 1 saturated heterocycles. The van der Waals surface area contributed by atoms with Gasteiger partial charge in [-0.15, -0.1) is 10.2 Å². The summed E-state index contributed by atoms with van der Waals surface area (Å²) in [4.78, 5) is 18.7. The molecule has 2 aromatic rings. The summed E-state index contributed by atoms with van der Waals surface area (Å²) < 4.78 is 0. The predicted octanol–water partition coefficient (Wildman–Crippen LogP) is 1.45. The highest BCUT2D eigenvalue weighted by Gasteiger charge is 2.38. The number of nitrogens with two attached hydrogens (primary N) is 1. The van der Waals surface area contributed by atoms with Crippen LogP contribution in [0.5, 0.6) is 0 Å². The zero-order valence-corrected chi connectivity index (χ0v) is 16.7. The van der Waals surface area contributed by atoms with Gasteiger partial charge in [0.1, 0.15) is 5.82 Å². The highest BCUT2D eigenvalue weighted by molar-refractivity contribution is 5.71. The lowest BCUT2D eigenvalue weighted by atomic mass is 9.81. The van der Waals surface area contributed by atoms with Crippen molar-refractivity contribution in [2.24, 2.45) is 23.0 Å². The quantitative estimate of drug-likeness (QED) is 0.589. The van der Waals surface area contributed by atoms with Gasteiger partial charge in [0.25, 0.3) is 0 Å². The fourth-order valence-electron chi connectivity index (χ4n) is 3.83. The van der Waals surface area contributed by atoms with Crippen LogP contribution < -0.4 is 10.6 Å². The summed E-state index contributed by atoms with van der Waals surface area (Å²) in [6, 6.07) is 3.98. The fraction of sp³-hybridized carbons (Fsp3) is 0.632. The van der Waals surface area contributed by atoms with Crippen LogP contribution >= 0.6 is 0 Å². The summed E-state index contributed by atoms with van der Waals surface area (Å²) >= 11 is 0. The van der Waals surface area contributed by atoms with Gasteiger partial charge in [-0.05, 0) is 30.4 Å². The van der Waals surface area contributed by atoms with E-state index in [9.17, 15) is 9.90 Å². The Labute approximate surface area is 164 Å². The van der Waals surface area contributed by atoms with Gasteiger partial charge in [0.15, 0.2) is 5.82 Å². The maximum absolute atomic E-state index is 11.9. The van der Waals surface area contributed by atoms with E-state index in [4.69, 9.17) is 5.73 Å². The Hall–Kier alpha value is -2.55. The zero-order chi connectivity index (χ0) is 20.3. The molecule has 0 unspecified atom stereocenters. The number of hydrogen-bond donors (Lipinski definition) is 3. The van der Waals surface area contributed by atoms with Gasteiger partial charge in [0.2, 0.25) is 0 Å². The number of H-pyrrole nitrogens is 1. The van der Waals surface area contributed by atoms with Crippen molar-refractivity contribution in [2.45, 2.75) is 39.5 Å². The molecule has 1 aliphatic heterocycles. The summed E-state index contributed by atoms with van der Waals surface area (Å²) in [5, 5.41) is 24.0. The molecule has 2 aromatic heterocycles. The summed E-state index contributed by atoms with van der Waals surface area (Å²) in [6.07, 6.45) is 2.86. The second-order valence-corrected chi connectivity index (χ2v) is 8.55. The average molecular weight is 387 g/mol. The maximum Gasteiger partial charge on any atom is 0.307 e. The first-order valence-electron chi connectivity index (χ1n) is 9.67. The average Bonchev–Trinajstić information content (AvgIpc) is 3.16. The monoisotopic (exact) mass is 387 g/mol. The molecule has 3 rings (SSSR count). The number of nitrogens with zero attached hydrogens (tertiary/aromatic N) is 5. The van der Waals surface area contributed by atoms with Gasteiger partial charge >= 0.3 is 5.97 Å². The fourth-order valence-corrected chi connectivity index (χ4v) is 3.83. The van der Waals surface area contributed by atoms with Crippen molar-refractivity contribution < 1.29 is 9.90 Å². The van der Waals surface area contributed by atoms with Crippen molar-refractivity contribution in [3.63, 3.8) is 0 Å². The van der Waals surface area contributed by atoms with Crippen molar-refractivity contribution in [1.29, 1.82) is 0 Å². The van der Waals surface area contributed by atoms with E-state index in [-0.39, 0.29) is 17.3 Å². The van der Waals surface area contributed by atoms with Crippen molar-refractivity contribution in [3.8, 4) is 0 Å². The van der Waals surface area contributed by atoms with Gasteiger partial charge in [0, 0.05) is 37.2 Å². The minimum absolute atomic E-state index is 0.162. The second-order valence-electron chi connectivity index (χ2n) is 8.55. The topological polar surface area (TPSA) is 134 Å². The minimum atomic E-state index is -0.838. The number of anilines is 1. The molecule has 152 valence electrons. The van der Waals surface area contributed by atoms with Crippen LogP contribution in [0.2, 0.25) is 0 Å². The first kappa shape index (κ1) is 20.2. The number of aliphatic carboxylic acids is 1. The SMILES string of the molecule is CC(C)C[C@H](C(=O)O)[C@H](Cc1ccc(N2CC(C)(CN)C2)nc1)c1nn[nH]n1. The second kappa shape index (κ2) is 8.22. The largest absolute Gasteiger partial charge is 0.481 e. The zero-order valence-electron chi connectivity index (χ0n) is 16.7. The number of hydrogen-bond acceptors (Lipinski definition) is 7. The molecule has 9 nitrogen and oxygen atoms in total. The van der Waals surface area contributed by atoms with Crippen molar-refractivity contribution in [3.05, 3.63) is 29.7 Å². The van der Waals surface area contributed by atoms with Crippen LogP contribution in [0.1, 0.15) is 44.5 Å². The first-order valence-corrected chi connectivity index (χ1v) is 9.67. The first-order chi connectivity index (χ1) is 13.3. The lowest BCUT2D eigenvalue weighted by Gasteiger charge is -2.48. The molecule has 0 aliphatic carbocycles. The molecule has 3 heterocycles. The van der Waals surface area contributed by atoms with E-state index >= 15 is 0 Å². The Balaban J connectivity index is 1.75. The summed E-state index contributed by atoms with van der Waals surface area (Å²) in [5.74, 6) is -0.191. The molecule has 2 atom stereocenters. The summed E-state index contributed by atoms with van der Waals surface area (Å²) in [7, 11) is 0. The van der Waals surface area contributed by atoms with Gasteiger partial charge < -0.3 is 15.7 Å². The lowest BCUT2D eigenvalue weighted by molar-refractivity contribution is -0.143. The molecule has 0 bridgehead atoms. The van der Waals surface area contributed by atoms with Crippen molar-refractivity contribution in [1.82, 2.24) is 25.6 Å². The molecular weight excluding hydrogens is 358 g/mol. The number of aromatic amines is 1. The molecule has 0 amide bonds. The third kappa shape index (κ3) is 4.46. The lowest BCUT2D eigenvalue weighted by Crippen LogP contribution is -2.58. The van der Waals surface area contributed by atoms with E-state index < -0.39 is 11.9 Å². The number of rotatable bonds is 9. The van der Waals surface area contributed by atoms with Crippen molar-refractivity contribution >= 4 is 11.8 Å². The van der Waals surface area contributed by atoms with Crippen LogP contribution in [0.4, 0.5) is 5.82 Å². The van der Waals surface area contributed by atoms with Gasteiger partial charge in [-0.1, -0.05) is 32.1 Å². The van der Waals surface area contributed by atoms with E-state index in [0.29, 0.717) is 25.2 Å². The molecule has 4 N–H and O–H groups in total. The molecule has 0 aromatic carbocycles. The van der Waals surface area contributed by atoms with Gasteiger partial charge in [-0.25, -0.2) is 4.98 Å². The van der Waals surface area contributed by atoms with Crippen LogP contribution in [-0.2, 0) is 11.2 Å². The number of carboxylic acids is 1. The molecule has 0 spiro atoms. The van der Waals surface area contributed by atoms with E-state index in [1.54, 1.807) is 0 Å². The molecule has 0 radical (unpaired) electrons. The third-order valence-corrected chi connectivity index (χ3v) is 5.45. The number of tetrazole rings is 1. The summed E-state index contributed by atoms with van der Waals surface area (Å²) in [6.45, 7) is 8.67. The molecule has 28 heavy (non-hydrogen) atoms. The number of carbonyl (C=O) groups is 1. The molecular formula is C19H29N7O2. The Morgan fingerprint density at radius 3 is 2.64 bits per heavy atom. The Kier molecular flexibility index (Phi) is 5.93. The number of pyridine rings is 1. The van der Waals surface area contributed by atoms with E-state index in [1.807, 2.05) is 32.2 Å². The molecule has 1 aliphatic rings. The molecule has 1 fully saturated rings. The Bertz CT molecular complexity index is 770. The highest BCUT2D eigenvalue weighted by atomic mass is 16.4. The maximum atomic E-state index is 11.9. The van der Waals surface area contributed by atoms with Crippen LogP contribution in [0.25, 0.3) is 0 Å². The van der Waals surface area contributed by atoms with E-state index in [1.165, 1.54) is 0 Å². The number of aromatic nitrogens is 5. The Morgan fingerprint density at radius 2 is 2.14 bits per heavy atom. The third-order valence-electron chi connectivity index (χ3n) is 5.45. The summed E-state index contributed by atoms with van der Waals surface area (Å²) in [5.41, 5.74) is 6.92. The normalized spacial score (nSPS) is 18.0. The van der Waals surface area contributed by atoms with Crippen LogP contribution in [-0.4, -0.2) is 56.3 Å². The molecule has 9 heteroatoms. The standard InChI is InChI=1S/C19H29N7O2/c1-12(2)6-15(18(27)28)14(17-22-24-25-23-17)7-13-4-5-16(21-8-13)26-10-19(3,9-20)11-26/h4-5,8,12,14-15H,6-7,9-11,20H2,1-3H3,(H,27,28)(H,22,23,24,25)/t14-,15-/m0/s1. The van der Waals surface area contributed by atoms with Crippen molar-refractivity contribution in [2.75, 3.05) is 24.5 Å². The van der Waals surface area contributed by atoms with Crippen LogP contribution in [0.15, 0.2) is 18.3 Å². The van der Waals surface area contributed by atoms with Gasteiger partial charge in [-0.3, -0.25) is 4.79 Å². The van der Waals surface area contributed by atoms with E-state index in [0.717, 1.165) is 24.5 Å². The minimum Gasteiger partial charge on any atom is -0.481 e. The van der Waals surface area contributed by atoms with Crippen LogP contribution in [0, 0.1) is 17.3 Å². The Morgan fingerprint density at radius 1 is 1.39 bits per heavy atom. The smallest absolute Gasteiger partial charge is 0.307 e.